The topological polar surface area (TPSA) is 412 Å². The number of carbonyl (C=O) groups is 7. The number of aliphatic hydroxyl groups is 2. The monoisotopic (exact) mass is 1780 g/mol. The van der Waals surface area contributed by atoms with Gasteiger partial charge in [-0.3, -0.25) is 28.8 Å². The first-order chi connectivity index (χ1) is 61.4. The zero-order valence-corrected chi connectivity index (χ0v) is 76.3. The fraction of sp³-hybridized carbons (Fsp3) is 0.710. The number of nitrogens with two attached hydrogens (primary N) is 1. The number of nitrogens with one attached hydrogen (secondary N) is 1. The van der Waals surface area contributed by atoms with Crippen molar-refractivity contribution in [2.24, 2.45) is 35.5 Å². The fourth-order valence-electron chi connectivity index (χ4n) is 17.1. The smallest absolute Gasteiger partial charge is 0.329 e. The molecule has 0 aromatic carbocycles. The number of esters is 2. The Morgan fingerprint density at radius 2 is 1.29 bits per heavy atom. The third kappa shape index (κ3) is 32.1. The molecule has 8 heterocycles. The quantitative estimate of drug-likeness (QED) is 0.0139. The predicted molar refractivity (Wildman–Crippen MR) is 471 cm³/mol. The summed E-state index contributed by atoms with van der Waals surface area (Å²) >= 11 is 0. The molecule has 127 heavy (non-hydrogen) atoms. The maximum atomic E-state index is 14.8. The molecule has 1 aliphatic carbocycles. The molecule has 2 bridgehead atoms. The number of pyridine rings is 1. The van der Waals surface area contributed by atoms with Crippen molar-refractivity contribution in [3.05, 3.63) is 78.5 Å². The number of likely N-dealkylation sites (tertiary alicyclic amines) is 1. The molecule has 0 unspecified atom stereocenters. The first kappa shape index (κ1) is 103. The standard InChI is InChI=1S/C93H141N9O25/c1-62-17-12-11-13-18-63(2)77(112-8)58-73-23-21-68(7)93(111,127-73)87(108)91(109)101-30-15-14-19-74(101)92(110)126-78(59-75(103)64(3)54-67(6)85(107)86(114-10)84(106)66(5)53-62)65(4)55-69-22-24-76(79(56-69)113-9)125-81(105)20-16-33-115-35-37-117-39-41-119-43-45-121-47-49-123-51-52-124-50-48-122-46-44-120-42-40-118-38-36-116-34-28-80(104)100-31-26-72(27-32-100)102-90-82(88(94)97-61-98-90)83(99-102)71-57-70-25-29-95-89(70)96-60-71/h11-13,17-18,25,29,54,57,60-62,64-66,68-69,72-74,76-79,85-86,107,111H,14-16,19-24,26-28,30-53,55-56,58-59H2,1-10H3,(H,95,96)(H2,94,97,98)/b13-11+,17-12+,63-18+,67-54+/t62-,64-,65-,66-,68-,69+,73+,74+,76-,77+,78+,79-,85-,86+,93-/m1/s1. The Morgan fingerprint density at radius 3 is 1.91 bits per heavy atom. The van der Waals surface area contributed by atoms with Crippen LogP contribution in [0.1, 0.15) is 164 Å². The third-order valence-electron chi connectivity index (χ3n) is 24.6. The number of amides is 2. The van der Waals surface area contributed by atoms with Gasteiger partial charge >= 0.3 is 11.9 Å². The van der Waals surface area contributed by atoms with Crippen LogP contribution in [0, 0.1) is 35.5 Å². The van der Waals surface area contributed by atoms with E-state index in [0.29, 0.717) is 244 Å². The summed E-state index contributed by atoms with van der Waals surface area (Å²) in [6.07, 6.45) is 17.6. The van der Waals surface area contributed by atoms with Crippen LogP contribution in [-0.4, -0.2) is 318 Å². The number of anilines is 1. The van der Waals surface area contributed by atoms with Crippen LogP contribution in [0.2, 0.25) is 0 Å². The molecule has 708 valence electrons. The number of carbonyl (C=O) groups excluding carboxylic acids is 7. The lowest BCUT2D eigenvalue weighted by molar-refractivity contribution is -0.265. The average Bonchev–Trinajstić information content (AvgIpc) is 1.75. The summed E-state index contributed by atoms with van der Waals surface area (Å²) < 4.78 is 94.3. The zero-order chi connectivity index (χ0) is 91.0. The van der Waals surface area contributed by atoms with E-state index in [2.05, 4.69) is 19.9 Å². The highest BCUT2D eigenvalue weighted by molar-refractivity contribution is 6.39. The van der Waals surface area contributed by atoms with E-state index >= 15 is 0 Å². The van der Waals surface area contributed by atoms with Crippen molar-refractivity contribution in [1.29, 1.82) is 0 Å². The molecule has 1 saturated carbocycles. The van der Waals surface area contributed by atoms with Gasteiger partial charge in [0, 0.05) is 108 Å². The SMILES string of the molecule is CO[C@H]1C[C@@H]2CC[C@@H](C)[C@@](O)(O2)C(=O)C(=O)N2CCCC[C@H]2C(=O)O[C@H]([C@H](C)C[C@@H]2CC[C@@H](OC(=O)CCCOCCOCCOCCOCCOCCOCCOCCOCCOCCOCCC(=O)N3CCC(n4nc(-c5cnc6[nH]ccc6c5)c5c(N)ncnc54)CC3)[C@H](OC)C2)CC(=O)[C@H](C)/C=C(\C)[C@@H](O)[C@@H](OC)C(=O)[C@H](C)C[C@H](C)/C=C/C=C/C=C/1C. The number of piperidine rings is 2. The number of aliphatic hydroxyl groups excluding tert-OH is 1. The van der Waals surface area contributed by atoms with Gasteiger partial charge in [-0.25, -0.2) is 24.4 Å². The highest BCUT2D eigenvalue weighted by atomic mass is 16.6. The molecule has 5 N–H and O–H groups in total. The van der Waals surface area contributed by atoms with Crippen molar-refractivity contribution in [3.63, 3.8) is 0 Å². The van der Waals surface area contributed by atoms with Gasteiger partial charge in [-0.15, -0.1) is 0 Å². The van der Waals surface area contributed by atoms with Crippen molar-refractivity contribution in [2.45, 2.75) is 218 Å². The van der Waals surface area contributed by atoms with E-state index in [1.165, 1.54) is 18.3 Å². The van der Waals surface area contributed by atoms with Crippen LogP contribution in [0.15, 0.2) is 78.5 Å². The average molecular weight is 1790 g/mol. The van der Waals surface area contributed by atoms with Gasteiger partial charge in [0.25, 0.3) is 11.7 Å². The second-order valence-electron chi connectivity index (χ2n) is 34.0. The van der Waals surface area contributed by atoms with Crippen molar-refractivity contribution < 1.29 is 120 Å². The molecule has 4 aliphatic heterocycles. The molecule has 4 aromatic heterocycles. The molecule has 9 rings (SSSR count). The largest absolute Gasteiger partial charge is 0.460 e. The molecule has 34 heteroatoms. The summed E-state index contributed by atoms with van der Waals surface area (Å²) in [7, 11) is 4.51. The maximum Gasteiger partial charge on any atom is 0.329 e. The van der Waals surface area contributed by atoms with Gasteiger partial charge in [-0.1, -0.05) is 71.1 Å². The van der Waals surface area contributed by atoms with Gasteiger partial charge < -0.3 is 107 Å². The summed E-state index contributed by atoms with van der Waals surface area (Å²) in [6.45, 7) is 21.8. The summed E-state index contributed by atoms with van der Waals surface area (Å²) in [6, 6.07) is 2.82. The number of ketones is 3. The number of Topliss-reactive ketones (excluding diaryl/α,β-unsaturated/α-hetero) is 3. The van der Waals surface area contributed by atoms with Gasteiger partial charge in [0.15, 0.2) is 11.4 Å². The van der Waals surface area contributed by atoms with Crippen molar-refractivity contribution in [2.75, 3.05) is 179 Å². The van der Waals surface area contributed by atoms with E-state index in [4.69, 9.17) is 86.6 Å². The fourth-order valence-corrected chi connectivity index (χ4v) is 17.1. The minimum absolute atomic E-state index is 0.00258. The molecule has 0 spiro atoms. The number of hydrogen-bond acceptors (Lipinski definition) is 30. The summed E-state index contributed by atoms with van der Waals surface area (Å²) in [4.78, 5) is 118. The zero-order valence-electron chi connectivity index (χ0n) is 76.3. The minimum atomic E-state index is -2.48. The highest BCUT2D eigenvalue weighted by Gasteiger charge is 2.53. The number of fused-ring (bicyclic) bond motifs is 5. The van der Waals surface area contributed by atoms with Crippen LogP contribution >= 0.6 is 0 Å². The van der Waals surface area contributed by atoms with E-state index in [0.717, 1.165) is 35.0 Å². The van der Waals surface area contributed by atoms with E-state index in [9.17, 15) is 43.8 Å². The number of aromatic amines is 1. The second-order valence-corrected chi connectivity index (χ2v) is 34.0. The third-order valence-corrected chi connectivity index (χ3v) is 24.6. The van der Waals surface area contributed by atoms with E-state index in [1.54, 1.807) is 54.2 Å². The normalized spacial score (nSPS) is 27.4. The Bertz CT molecular complexity index is 4170. The van der Waals surface area contributed by atoms with E-state index < -0.39 is 95.9 Å². The molecule has 4 aromatic rings. The molecule has 3 saturated heterocycles. The van der Waals surface area contributed by atoms with Gasteiger partial charge in [0.2, 0.25) is 11.7 Å². The number of nitrogen functional groups attached to an aromatic ring is 1. The van der Waals surface area contributed by atoms with Crippen LogP contribution < -0.4 is 5.73 Å². The van der Waals surface area contributed by atoms with Gasteiger partial charge in [-0.2, -0.15) is 5.10 Å². The molecular formula is C93H141N9O25. The number of hydrogen-bond donors (Lipinski definition) is 4. The van der Waals surface area contributed by atoms with Gasteiger partial charge in [0.1, 0.15) is 59.7 Å². The first-order valence-corrected chi connectivity index (χ1v) is 45.6. The van der Waals surface area contributed by atoms with Gasteiger partial charge in [0.05, 0.1) is 162 Å². The Morgan fingerprint density at radius 1 is 0.669 bits per heavy atom. The molecule has 34 nitrogen and oxygen atoms in total. The Balaban J connectivity index is 0.573. The van der Waals surface area contributed by atoms with Crippen LogP contribution in [-0.2, 0) is 109 Å². The van der Waals surface area contributed by atoms with Crippen molar-refractivity contribution >= 4 is 69.0 Å². The highest BCUT2D eigenvalue weighted by Crippen LogP contribution is 2.40. The lowest BCUT2D eigenvalue weighted by atomic mass is 9.78. The molecule has 4 fully saturated rings. The number of rotatable bonds is 43. The molecule has 5 aliphatic rings. The summed E-state index contributed by atoms with van der Waals surface area (Å²) in [5.74, 6) is -8.54. The number of ether oxygens (including phenoxy) is 16. The number of methoxy groups -OCH3 is 3. The number of H-pyrrole nitrogens is 1. The Labute approximate surface area is 746 Å². The number of aromatic nitrogens is 6. The van der Waals surface area contributed by atoms with Crippen LogP contribution in [0.4, 0.5) is 5.82 Å². The molecule has 2 amide bonds. The van der Waals surface area contributed by atoms with Crippen LogP contribution in [0.25, 0.3) is 33.3 Å². The lowest BCUT2D eigenvalue weighted by Gasteiger charge is -2.42. The predicted octanol–water partition coefficient (Wildman–Crippen LogP) is 9.20. The van der Waals surface area contributed by atoms with Crippen LogP contribution in [0.3, 0.4) is 0 Å². The Hall–Kier alpha value is -7.75. The second kappa shape index (κ2) is 54.8. The maximum absolute atomic E-state index is 14.8. The first-order valence-electron chi connectivity index (χ1n) is 45.6. The van der Waals surface area contributed by atoms with Crippen molar-refractivity contribution in [1.82, 2.24) is 39.5 Å². The minimum Gasteiger partial charge on any atom is -0.460 e. The number of nitrogens with zero attached hydrogens (tertiary/aromatic N) is 7. The lowest BCUT2D eigenvalue weighted by Crippen LogP contribution is -2.61. The Kier molecular flexibility index (Phi) is 44.4. The van der Waals surface area contributed by atoms with Gasteiger partial charge in [-0.05, 0) is 138 Å². The van der Waals surface area contributed by atoms with E-state index in [-0.39, 0.29) is 73.5 Å². The van der Waals surface area contributed by atoms with Crippen molar-refractivity contribution in [3.8, 4) is 11.3 Å². The number of allylic oxidation sites excluding steroid dienone is 6. The number of cyclic esters (lactones) is 1. The molecule has 15 atom stereocenters. The van der Waals surface area contributed by atoms with E-state index in [1.807, 2.05) is 79.1 Å². The molecule has 0 radical (unpaired) electrons. The summed E-state index contributed by atoms with van der Waals surface area (Å²) in [5, 5.41) is 30.4. The molecular weight excluding hydrogens is 1640 g/mol. The van der Waals surface area contributed by atoms with Crippen LogP contribution in [0.5, 0.6) is 0 Å². The summed E-state index contributed by atoms with van der Waals surface area (Å²) in [5.41, 5.74) is 10.5.